The molecule has 6 nitrogen and oxygen atoms in total. The van der Waals surface area contributed by atoms with Gasteiger partial charge in [0, 0.05) is 28.7 Å². The first-order valence-corrected chi connectivity index (χ1v) is 13.0. The zero-order chi connectivity index (χ0) is 23.3. The second kappa shape index (κ2) is 10.9. The summed E-state index contributed by atoms with van der Waals surface area (Å²) in [6, 6.07) is 12.3. The summed E-state index contributed by atoms with van der Waals surface area (Å²) >= 11 is 12.3. The summed E-state index contributed by atoms with van der Waals surface area (Å²) in [6.07, 6.45) is 1.26. The van der Waals surface area contributed by atoms with Crippen molar-refractivity contribution in [3.8, 4) is 5.75 Å². The first-order chi connectivity index (χ1) is 15.2. The quantitative estimate of drug-likeness (QED) is 0.566. The third-order valence-corrected chi connectivity index (χ3v) is 8.07. The van der Waals surface area contributed by atoms with Gasteiger partial charge in [0.25, 0.3) is 0 Å². The molecular weight excluding hydrogens is 471 g/mol. The summed E-state index contributed by atoms with van der Waals surface area (Å²) in [5.74, 6) is -0.0726. The molecule has 0 radical (unpaired) electrons. The van der Waals surface area contributed by atoms with E-state index in [0.717, 1.165) is 11.3 Å². The Morgan fingerprint density at radius 2 is 1.84 bits per heavy atom. The molecule has 1 aliphatic rings. The van der Waals surface area contributed by atoms with E-state index in [1.807, 2.05) is 38.1 Å². The molecule has 2 atom stereocenters. The lowest BCUT2D eigenvalue weighted by atomic mass is 9.98. The Morgan fingerprint density at radius 1 is 1.19 bits per heavy atom. The highest BCUT2D eigenvalue weighted by atomic mass is 35.5. The van der Waals surface area contributed by atoms with Crippen LogP contribution in [0.15, 0.2) is 42.5 Å². The molecule has 1 N–H and O–H groups in total. The molecule has 0 saturated carbocycles. The summed E-state index contributed by atoms with van der Waals surface area (Å²) in [4.78, 5) is 12.9. The van der Waals surface area contributed by atoms with Crippen LogP contribution in [0.1, 0.15) is 43.9 Å². The van der Waals surface area contributed by atoms with Crippen LogP contribution in [0, 0.1) is 5.92 Å². The van der Waals surface area contributed by atoms with Gasteiger partial charge in [-0.3, -0.25) is 4.79 Å². The molecule has 0 bridgehead atoms. The molecule has 1 amide bonds. The smallest absolute Gasteiger partial charge is 0.224 e. The van der Waals surface area contributed by atoms with Crippen molar-refractivity contribution in [1.82, 2.24) is 9.62 Å². The first-order valence-electron chi connectivity index (χ1n) is 10.6. The standard InChI is InChI=1S/C23H28Cl2N2O4S/c1-3-31-19-11-9-17(10-12-19)16(2)26-23(28)18-6-5-13-27(14-18)32(29,30)15-20-21(24)7-4-8-22(20)25/h4,7-12,16,18H,3,5-6,13-15H2,1-2H3,(H,26,28)/t16-,18+/m0/s1. The molecule has 0 aromatic heterocycles. The molecule has 1 heterocycles. The second-order valence-electron chi connectivity index (χ2n) is 7.89. The summed E-state index contributed by atoms with van der Waals surface area (Å²) in [5, 5.41) is 3.65. The van der Waals surface area contributed by atoms with Crippen LogP contribution < -0.4 is 10.1 Å². The van der Waals surface area contributed by atoms with Gasteiger partial charge in [0.1, 0.15) is 5.75 Å². The molecule has 0 unspecified atom stereocenters. The predicted molar refractivity (Wildman–Crippen MR) is 128 cm³/mol. The van der Waals surface area contributed by atoms with Crippen LogP contribution in [0.2, 0.25) is 10.0 Å². The van der Waals surface area contributed by atoms with Crippen LogP contribution in [-0.2, 0) is 20.6 Å². The molecule has 1 fully saturated rings. The Kier molecular flexibility index (Phi) is 8.44. The van der Waals surface area contributed by atoms with Crippen LogP contribution in [0.5, 0.6) is 5.75 Å². The fraction of sp³-hybridized carbons (Fsp3) is 0.435. The van der Waals surface area contributed by atoms with Gasteiger partial charge in [-0.25, -0.2) is 12.7 Å². The number of hydrogen-bond donors (Lipinski definition) is 1. The van der Waals surface area contributed by atoms with Gasteiger partial charge in [-0.1, -0.05) is 41.4 Å². The van der Waals surface area contributed by atoms with Gasteiger partial charge in [0.15, 0.2) is 0 Å². The highest BCUT2D eigenvalue weighted by Crippen LogP contribution is 2.29. The number of amides is 1. The normalized spacial score (nSPS) is 18.2. The van der Waals surface area contributed by atoms with Crippen molar-refractivity contribution in [2.45, 2.75) is 38.5 Å². The van der Waals surface area contributed by atoms with Gasteiger partial charge in [0.05, 0.1) is 24.3 Å². The average molecular weight is 499 g/mol. The van der Waals surface area contributed by atoms with Crippen LogP contribution in [0.25, 0.3) is 0 Å². The molecule has 1 saturated heterocycles. The van der Waals surface area contributed by atoms with Crippen LogP contribution in [0.4, 0.5) is 0 Å². The summed E-state index contributed by atoms with van der Waals surface area (Å²) < 4.78 is 32.9. The zero-order valence-corrected chi connectivity index (χ0v) is 20.5. The van der Waals surface area contributed by atoms with Gasteiger partial charge in [-0.05, 0) is 56.5 Å². The van der Waals surface area contributed by atoms with Crippen LogP contribution >= 0.6 is 23.2 Å². The molecule has 174 valence electrons. The topological polar surface area (TPSA) is 75.7 Å². The average Bonchev–Trinajstić information content (AvgIpc) is 2.77. The van der Waals surface area contributed by atoms with E-state index in [1.165, 1.54) is 4.31 Å². The number of benzene rings is 2. The molecule has 0 spiro atoms. The van der Waals surface area contributed by atoms with E-state index in [0.29, 0.717) is 41.6 Å². The third-order valence-electron chi connectivity index (χ3n) is 5.59. The number of carbonyl (C=O) groups is 1. The number of halogens is 2. The van der Waals surface area contributed by atoms with Gasteiger partial charge < -0.3 is 10.1 Å². The lowest BCUT2D eigenvalue weighted by molar-refractivity contribution is -0.126. The highest BCUT2D eigenvalue weighted by molar-refractivity contribution is 7.88. The predicted octanol–water partition coefficient (Wildman–Crippen LogP) is 4.81. The van der Waals surface area contributed by atoms with E-state index in [4.69, 9.17) is 27.9 Å². The van der Waals surface area contributed by atoms with E-state index >= 15 is 0 Å². The van der Waals surface area contributed by atoms with Gasteiger partial charge in [0.2, 0.25) is 15.9 Å². The number of nitrogens with one attached hydrogen (secondary N) is 1. The molecule has 2 aromatic carbocycles. The largest absolute Gasteiger partial charge is 0.494 e. The maximum Gasteiger partial charge on any atom is 0.224 e. The van der Waals surface area contributed by atoms with Crippen LogP contribution in [0.3, 0.4) is 0 Å². The molecule has 32 heavy (non-hydrogen) atoms. The molecule has 3 rings (SSSR count). The monoisotopic (exact) mass is 498 g/mol. The van der Waals surface area contributed by atoms with Crippen molar-refractivity contribution >= 4 is 39.1 Å². The van der Waals surface area contributed by atoms with Gasteiger partial charge in [-0.2, -0.15) is 0 Å². The fourth-order valence-corrected chi connectivity index (χ4v) is 6.15. The number of piperidine rings is 1. The maximum atomic E-state index is 13.0. The number of nitrogens with zero attached hydrogens (tertiary/aromatic N) is 1. The minimum atomic E-state index is -3.67. The summed E-state index contributed by atoms with van der Waals surface area (Å²) in [5.41, 5.74) is 1.34. The Labute approximate surface area is 199 Å². The van der Waals surface area contributed by atoms with Crippen molar-refractivity contribution in [2.75, 3.05) is 19.7 Å². The fourth-order valence-electron chi connectivity index (χ4n) is 3.79. The lowest BCUT2D eigenvalue weighted by Crippen LogP contribution is -2.46. The van der Waals surface area contributed by atoms with Crippen molar-refractivity contribution in [3.63, 3.8) is 0 Å². The number of sulfonamides is 1. The van der Waals surface area contributed by atoms with Crippen molar-refractivity contribution < 1.29 is 17.9 Å². The summed E-state index contributed by atoms with van der Waals surface area (Å²) in [6.45, 7) is 4.95. The number of carbonyl (C=O) groups excluding carboxylic acids is 1. The Morgan fingerprint density at radius 3 is 2.47 bits per heavy atom. The van der Waals surface area contributed by atoms with Gasteiger partial charge >= 0.3 is 0 Å². The van der Waals surface area contributed by atoms with Crippen molar-refractivity contribution in [2.24, 2.45) is 5.92 Å². The number of rotatable bonds is 8. The maximum absolute atomic E-state index is 13.0. The Balaban J connectivity index is 1.63. The zero-order valence-electron chi connectivity index (χ0n) is 18.2. The highest BCUT2D eigenvalue weighted by Gasteiger charge is 2.33. The van der Waals surface area contributed by atoms with Crippen molar-refractivity contribution in [1.29, 1.82) is 0 Å². The van der Waals surface area contributed by atoms with E-state index in [1.54, 1.807) is 18.2 Å². The number of hydrogen-bond acceptors (Lipinski definition) is 4. The van der Waals surface area contributed by atoms with E-state index in [2.05, 4.69) is 5.32 Å². The van der Waals surface area contributed by atoms with Gasteiger partial charge in [-0.15, -0.1) is 0 Å². The lowest BCUT2D eigenvalue weighted by Gasteiger charge is -2.32. The summed E-state index contributed by atoms with van der Waals surface area (Å²) in [7, 11) is -3.67. The first kappa shape index (κ1) is 24.8. The van der Waals surface area contributed by atoms with Crippen molar-refractivity contribution in [3.05, 3.63) is 63.6 Å². The SMILES string of the molecule is CCOc1ccc([C@H](C)NC(=O)[C@@H]2CCCN(S(=O)(=O)Cc3c(Cl)cccc3Cl)C2)cc1. The van der Waals surface area contributed by atoms with E-state index in [9.17, 15) is 13.2 Å². The Hall–Kier alpha value is -1.80. The van der Waals surface area contributed by atoms with Crippen LogP contribution in [-0.4, -0.2) is 38.3 Å². The third kappa shape index (κ3) is 6.16. The molecule has 2 aromatic rings. The number of ether oxygens (including phenoxy) is 1. The van der Waals surface area contributed by atoms with E-state index in [-0.39, 0.29) is 24.2 Å². The molecule has 1 aliphatic heterocycles. The minimum absolute atomic E-state index is 0.145. The minimum Gasteiger partial charge on any atom is -0.494 e. The molecule has 0 aliphatic carbocycles. The second-order valence-corrected chi connectivity index (χ2v) is 10.7. The molecular formula is C23H28Cl2N2O4S. The van der Waals surface area contributed by atoms with E-state index < -0.39 is 15.9 Å². The Bertz CT molecular complexity index is 1020. The molecule has 9 heteroatoms.